The summed E-state index contributed by atoms with van der Waals surface area (Å²) in [5, 5.41) is 12.0. The summed E-state index contributed by atoms with van der Waals surface area (Å²) in [4.78, 5) is 30.1. The molecule has 0 unspecified atom stereocenters. The van der Waals surface area contributed by atoms with Crippen LogP contribution in [-0.2, 0) is 17.8 Å². The molecule has 2 aromatic carbocycles. The van der Waals surface area contributed by atoms with Gasteiger partial charge in [-0.25, -0.2) is 0 Å². The molecule has 218 valence electrons. The van der Waals surface area contributed by atoms with Gasteiger partial charge in [-0.2, -0.15) is 15.2 Å². The first-order valence-corrected chi connectivity index (χ1v) is 14.8. The van der Waals surface area contributed by atoms with E-state index < -0.39 is 6.98 Å². The molecule has 3 aliphatic heterocycles. The minimum atomic E-state index is -2.18. The van der Waals surface area contributed by atoms with Gasteiger partial charge in [0.1, 0.15) is 12.4 Å². The number of benzene rings is 2. The van der Waals surface area contributed by atoms with Crippen molar-refractivity contribution in [2.75, 3.05) is 56.1 Å². The first-order valence-electron chi connectivity index (χ1n) is 16.3. The number of carbonyl (C=O) groups is 1. The highest BCUT2D eigenvalue weighted by Gasteiger charge is 2.33. The van der Waals surface area contributed by atoms with E-state index in [0.29, 0.717) is 32.7 Å². The Morgan fingerprint density at radius 3 is 2.83 bits per heavy atom. The van der Waals surface area contributed by atoms with Crippen molar-refractivity contribution in [1.82, 2.24) is 19.8 Å². The zero-order valence-corrected chi connectivity index (χ0v) is 24.1. The fraction of sp³-hybridized carbons (Fsp3) is 0.455. The van der Waals surface area contributed by atoms with Crippen LogP contribution in [0.25, 0.3) is 10.8 Å². The molecule has 0 radical (unpaired) electrons. The van der Waals surface area contributed by atoms with Crippen LogP contribution in [0.4, 0.5) is 11.5 Å². The van der Waals surface area contributed by atoms with Crippen LogP contribution in [0.5, 0.6) is 6.01 Å². The van der Waals surface area contributed by atoms with E-state index in [1.165, 1.54) is 27.3 Å². The minimum Gasteiger partial charge on any atom is -0.462 e. The predicted octanol–water partition coefficient (Wildman–Crippen LogP) is 4.09. The summed E-state index contributed by atoms with van der Waals surface area (Å²) in [5.74, 6) is 0.580. The number of aryl methyl sites for hydroxylation is 1. The maximum Gasteiger partial charge on any atom is 0.318 e. The number of aromatic nitrogens is 2. The summed E-state index contributed by atoms with van der Waals surface area (Å²) in [6.07, 6.45) is 3.76. The number of likely N-dealkylation sites (N-methyl/N-ethyl adjacent to an activating group) is 1. The Kier molecular flexibility index (Phi) is 6.97. The van der Waals surface area contributed by atoms with Gasteiger partial charge in [0, 0.05) is 53.0 Å². The molecule has 42 heavy (non-hydrogen) atoms. The monoisotopic (exact) mass is 567 g/mol. The third kappa shape index (κ3) is 5.39. The van der Waals surface area contributed by atoms with Crippen LogP contribution >= 0.6 is 0 Å². The van der Waals surface area contributed by atoms with Gasteiger partial charge in [-0.3, -0.25) is 4.79 Å². The lowest BCUT2D eigenvalue weighted by molar-refractivity contribution is -0.128. The smallest absolute Gasteiger partial charge is 0.318 e. The van der Waals surface area contributed by atoms with E-state index in [-0.39, 0.29) is 37.0 Å². The van der Waals surface area contributed by atoms with Crippen LogP contribution in [-0.4, -0.2) is 84.1 Å². The number of piperazine rings is 1. The van der Waals surface area contributed by atoms with E-state index in [2.05, 4.69) is 65.8 Å². The van der Waals surface area contributed by atoms with Crippen molar-refractivity contribution in [3.8, 4) is 12.1 Å². The van der Waals surface area contributed by atoms with Gasteiger partial charge in [-0.15, -0.1) is 0 Å². The Bertz CT molecular complexity index is 1630. The van der Waals surface area contributed by atoms with Crippen LogP contribution in [0.3, 0.4) is 0 Å². The SMILES string of the molecule is [2H]C([2H])([2H])N1CCC[C@H]1COc1nc2c(c(N3CCN(C(=O)C=C)[C@@H](CC#N)C3)n1)CCN(c1cccc3cccc([11CH3])c13)C2. The number of nitriles is 1. The summed E-state index contributed by atoms with van der Waals surface area (Å²) < 4.78 is 30.0. The summed E-state index contributed by atoms with van der Waals surface area (Å²) in [5.41, 5.74) is 4.28. The van der Waals surface area contributed by atoms with Gasteiger partial charge in [0.25, 0.3) is 0 Å². The third-order valence-corrected chi connectivity index (χ3v) is 8.80. The number of fused-ring (bicyclic) bond motifs is 2. The van der Waals surface area contributed by atoms with Crippen molar-refractivity contribution in [3.05, 3.63) is 65.9 Å². The van der Waals surface area contributed by atoms with Crippen molar-refractivity contribution < 1.29 is 13.6 Å². The first-order chi connectivity index (χ1) is 21.7. The van der Waals surface area contributed by atoms with E-state index >= 15 is 0 Å². The maximum atomic E-state index is 12.6. The lowest BCUT2D eigenvalue weighted by Gasteiger charge is -2.42. The second-order valence-electron chi connectivity index (χ2n) is 11.4. The van der Waals surface area contributed by atoms with Gasteiger partial charge in [-0.1, -0.05) is 36.9 Å². The van der Waals surface area contributed by atoms with Gasteiger partial charge < -0.3 is 24.3 Å². The number of anilines is 2. The predicted molar refractivity (Wildman–Crippen MR) is 165 cm³/mol. The fourth-order valence-electron chi connectivity index (χ4n) is 6.60. The highest BCUT2D eigenvalue weighted by atomic mass is 16.5. The molecule has 2 atom stereocenters. The van der Waals surface area contributed by atoms with Crippen LogP contribution in [0.15, 0.2) is 49.1 Å². The van der Waals surface area contributed by atoms with E-state index in [9.17, 15) is 10.1 Å². The number of ether oxygens (including phenoxy) is 1. The van der Waals surface area contributed by atoms with Gasteiger partial charge >= 0.3 is 6.01 Å². The number of carbonyl (C=O) groups excluding carboxylic acids is 1. The minimum absolute atomic E-state index is 0.181. The van der Waals surface area contributed by atoms with E-state index in [4.69, 9.17) is 18.8 Å². The molecule has 6 rings (SSSR count). The molecule has 3 aliphatic rings. The average Bonchev–Trinajstić information content (AvgIpc) is 3.53. The molecule has 0 N–H and O–H groups in total. The lowest BCUT2D eigenvalue weighted by atomic mass is 9.93. The van der Waals surface area contributed by atoms with Crippen molar-refractivity contribution in [2.24, 2.45) is 0 Å². The Morgan fingerprint density at radius 2 is 2.02 bits per heavy atom. The molecular weight excluding hydrogens is 525 g/mol. The van der Waals surface area contributed by atoms with E-state index in [0.717, 1.165) is 48.6 Å². The average molecular weight is 568 g/mol. The van der Waals surface area contributed by atoms with Crippen molar-refractivity contribution in [3.63, 3.8) is 0 Å². The van der Waals surface area contributed by atoms with Crippen molar-refractivity contribution in [2.45, 2.75) is 51.2 Å². The zero-order valence-electron chi connectivity index (χ0n) is 27.1. The van der Waals surface area contributed by atoms with E-state index in [1.54, 1.807) is 4.90 Å². The number of nitrogens with zero attached hydrogens (tertiary/aromatic N) is 7. The molecule has 1 aromatic heterocycles. The second kappa shape index (κ2) is 12.0. The molecule has 9 heteroatoms. The van der Waals surface area contributed by atoms with Crippen molar-refractivity contribution in [1.29, 1.82) is 5.26 Å². The molecular formula is C33H39N7O2. The largest absolute Gasteiger partial charge is 0.462 e. The number of likely N-dealkylation sites (tertiary alicyclic amines) is 1. The Labute approximate surface area is 252 Å². The van der Waals surface area contributed by atoms with Crippen LogP contribution in [0, 0.1) is 18.3 Å². The molecule has 0 saturated carbocycles. The molecule has 2 saturated heterocycles. The molecule has 0 aliphatic carbocycles. The number of hydrogen-bond donors (Lipinski definition) is 0. The number of amides is 1. The Morgan fingerprint density at radius 1 is 1.17 bits per heavy atom. The van der Waals surface area contributed by atoms with E-state index in [1.807, 2.05) is 0 Å². The van der Waals surface area contributed by atoms with Gasteiger partial charge in [-0.05, 0) is 62.8 Å². The summed E-state index contributed by atoms with van der Waals surface area (Å²) >= 11 is 0. The van der Waals surface area contributed by atoms with Crippen LogP contribution < -0.4 is 14.5 Å². The van der Waals surface area contributed by atoms with Crippen LogP contribution in [0.1, 0.15) is 40.2 Å². The lowest BCUT2D eigenvalue weighted by Crippen LogP contribution is -2.55. The van der Waals surface area contributed by atoms with Crippen LogP contribution in [0.2, 0.25) is 0 Å². The third-order valence-electron chi connectivity index (χ3n) is 8.80. The first kappa shape index (κ1) is 24.4. The highest BCUT2D eigenvalue weighted by Crippen LogP contribution is 2.36. The topological polar surface area (TPSA) is 88.8 Å². The van der Waals surface area contributed by atoms with Gasteiger partial charge in [0.05, 0.1) is 30.8 Å². The normalized spacial score (nSPS) is 22.2. The standard InChI is InChI=1S/C33H39N7O2/c1-4-30(41)40-19-18-39(20-25(40)13-15-34)32-27-14-17-38(29-12-6-10-24-9-5-8-23(2)31(24)29)21-28(27)35-33(36-32)42-22-26-11-7-16-37(26)3/h4-6,8-10,12,25-26H,1,7,11,13-14,16-22H2,2-3H3/t25-,26-/m0/s1/i2-1,3D3. The number of hydrogen-bond acceptors (Lipinski definition) is 8. The Hall–Kier alpha value is -4.16. The molecule has 3 aromatic rings. The molecule has 0 bridgehead atoms. The summed E-state index contributed by atoms with van der Waals surface area (Å²) in [6, 6.07) is 14.6. The molecule has 1 amide bonds. The van der Waals surface area contributed by atoms with Crippen molar-refractivity contribution >= 4 is 28.2 Å². The fourth-order valence-corrected chi connectivity index (χ4v) is 6.60. The van der Waals surface area contributed by atoms with Gasteiger partial charge in [0.2, 0.25) is 5.91 Å². The Balaban J connectivity index is 1.34. The maximum absolute atomic E-state index is 12.6. The molecule has 0 spiro atoms. The number of rotatable bonds is 7. The molecule has 2 fully saturated rings. The highest BCUT2D eigenvalue weighted by molar-refractivity contribution is 5.97. The molecule has 9 nitrogen and oxygen atoms in total. The molecule has 4 heterocycles. The summed E-state index contributed by atoms with van der Waals surface area (Å²) in [7, 11) is 0. The zero-order chi connectivity index (χ0) is 31.7. The summed E-state index contributed by atoms with van der Waals surface area (Å²) in [6.45, 7) is 7.08. The van der Waals surface area contributed by atoms with Gasteiger partial charge in [0.15, 0.2) is 0 Å². The second-order valence-corrected chi connectivity index (χ2v) is 11.4. The quantitative estimate of drug-likeness (QED) is 0.395.